The zero-order chi connectivity index (χ0) is 13.5. The Labute approximate surface area is 111 Å². The number of rotatable bonds is 7. The van der Waals surface area contributed by atoms with E-state index in [4.69, 9.17) is 0 Å². The molecule has 0 aliphatic rings. The molecule has 0 bridgehead atoms. The van der Waals surface area contributed by atoms with Crippen LogP contribution in [0.4, 0.5) is 0 Å². The maximum absolute atomic E-state index is 11.8. The predicted molar refractivity (Wildman–Crippen MR) is 71.8 cm³/mol. The number of thioether (sulfide) groups is 1. The third kappa shape index (κ3) is 3.63. The Morgan fingerprint density at radius 3 is 2.61 bits per heavy atom. The van der Waals surface area contributed by atoms with E-state index >= 15 is 0 Å². The summed E-state index contributed by atoms with van der Waals surface area (Å²) in [6.45, 7) is 7.93. The van der Waals surface area contributed by atoms with Gasteiger partial charge in [0.1, 0.15) is 0 Å². The van der Waals surface area contributed by atoms with Gasteiger partial charge in [-0.15, -0.1) is 5.10 Å². The van der Waals surface area contributed by atoms with E-state index in [1.54, 1.807) is 9.47 Å². The second-order valence-electron chi connectivity index (χ2n) is 3.82. The fourth-order valence-electron chi connectivity index (χ4n) is 1.63. The molecule has 1 N–H and O–H groups in total. The lowest BCUT2D eigenvalue weighted by Gasteiger charge is -2.17. The standard InChI is InChI=1S/C11H20N4O2S/c1-4-7-15-10(17)12-13-11(15)18-8-9(16)14(5-2)6-3/h4-8H2,1-3H3,(H,12,17). The fraction of sp³-hybridized carbons (Fsp3) is 0.727. The summed E-state index contributed by atoms with van der Waals surface area (Å²) in [5.74, 6) is 0.388. The number of aromatic nitrogens is 3. The smallest absolute Gasteiger partial charge is 0.343 e. The van der Waals surface area contributed by atoms with Gasteiger partial charge < -0.3 is 4.90 Å². The van der Waals surface area contributed by atoms with Crippen LogP contribution in [0.5, 0.6) is 0 Å². The first-order chi connectivity index (χ1) is 8.63. The summed E-state index contributed by atoms with van der Waals surface area (Å²) in [6, 6.07) is 0. The molecule has 0 atom stereocenters. The molecule has 0 saturated carbocycles. The number of hydrogen-bond donors (Lipinski definition) is 1. The van der Waals surface area contributed by atoms with Crippen molar-refractivity contribution >= 4 is 17.7 Å². The van der Waals surface area contributed by atoms with Crippen LogP contribution in [0.2, 0.25) is 0 Å². The summed E-state index contributed by atoms with van der Waals surface area (Å²) in [7, 11) is 0. The van der Waals surface area contributed by atoms with Gasteiger partial charge in [-0.2, -0.15) is 0 Å². The minimum absolute atomic E-state index is 0.0727. The van der Waals surface area contributed by atoms with Crippen molar-refractivity contribution in [3.8, 4) is 0 Å². The molecule has 0 fully saturated rings. The molecule has 1 heterocycles. The molecule has 1 aromatic rings. The van der Waals surface area contributed by atoms with Gasteiger partial charge in [-0.3, -0.25) is 9.36 Å². The summed E-state index contributed by atoms with van der Waals surface area (Å²) >= 11 is 1.30. The van der Waals surface area contributed by atoms with Crippen LogP contribution >= 0.6 is 11.8 Å². The number of carbonyl (C=O) groups excluding carboxylic acids is 1. The maximum Gasteiger partial charge on any atom is 0.343 e. The zero-order valence-electron chi connectivity index (χ0n) is 11.1. The molecule has 0 aliphatic heterocycles. The monoisotopic (exact) mass is 272 g/mol. The van der Waals surface area contributed by atoms with Gasteiger partial charge in [0.05, 0.1) is 5.75 Å². The summed E-state index contributed by atoms with van der Waals surface area (Å²) in [4.78, 5) is 25.1. The third-order valence-electron chi connectivity index (χ3n) is 2.61. The number of aromatic amines is 1. The van der Waals surface area contributed by atoms with Crippen molar-refractivity contribution in [3.63, 3.8) is 0 Å². The topological polar surface area (TPSA) is 71.0 Å². The van der Waals surface area contributed by atoms with Crippen molar-refractivity contribution in [2.45, 2.75) is 38.9 Å². The van der Waals surface area contributed by atoms with Gasteiger partial charge in [0.15, 0.2) is 5.16 Å². The molecule has 0 radical (unpaired) electrons. The van der Waals surface area contributed by atoms with Gasteiger partial charge in [-0.1, -0.05) is 18.7 Å². The van der Waals surface area contributed by atoms with Crippen LogP contribution < -0.4 is 5.69 Å². The third-order valence-corrected chi connectivity index (χ3v) is 3.57. The van der Waals surface area contributed by atoms with Crippen molar-refractivity contribution in [3.05, 3.63) is 10.5 Å². The van der Waals surface area contributed by atoms with Gasteiger partial charge in [-0.05, 0) is 20.3 Å². The van der Waals surface area contributed by atoms with Gasteiger partial charge in [0.25, 0.3) is 0 Å². The lowest BCUT2D eigenvalue weighted by atomic mass is 10.5. The van der Waals surface area contributed by atoms with Crippen LogP contribution in [0.15, 0.2) is 9.95 Å². The Kier molecular flexibility index (Phi) is 5.97. The molecule has 18 heavy (non-hydrogen) atoms. The van der Waals surface area contributed by atoms with E-state index in [2.05, 4.69) is 10.2 Å². The summed E-state index contributed by atoms with van der Waals surface area (Å²) < 4.78 is 1.57. The second-order valence-corrected chi connectivity index (χ2v) is 4.76. The molecule has 0 unspecified atom stereocenters. The minimum Gasteiger partial charge on any atom is -0.343 e. The molecule has 0 aliphatic carbocycles. The number of H-pyrrole nitrogens is 1. The first-order valence-corrected chi connectivity index (χ1v) is 7.18. The van der Waals surface area contributed by atoms with E-state index in [0.717, 1.165) is 6.42 Å². The summed E-state index contributed by atoms with van der Waals surface area (Å²) in [6.07, 6.45) is 0.858. The van der Waals surface area contributed by atoms with E-state index in [9.17, 15) is 9.59 Å². The zero-order valence-corrected chi connectivity index (χ0v) is 11.9. The van der Waals surface area contributed by atoms with Gasteiger partial charge in [-0.25, -0.2) is 9.89 Å². The highest BCUT2D eigenvalue weighted by Crippen LogP contribution is 2.14. The van der Waals surface area contributed by atoms with Crippen LogP contribution in [0.1, 0.15) is 27.2 Å². The quantitative estimate of drug-likeness (QED) is 0.750. The highest BCUT2D eigenvalue weighted by Gasteiger charge is 2.13. The number of amides is 1. The average molecular weight is 272 g/mol. The molecule has 102 valence electrons. The normalized spacial score (nSPS) is 10.6. The van der Waals surface area contributed by atoms with Crippen molar-refractivity contribution in [2.75, 3.05) is 18.8 Å². The van der Waals surface area contributed by atoms with Crippen molar-refractivity contribution in [1.29, 1.82) is 0 Å². The Hall–Kier alpha value is -1.24. The maximum atomic E-state index is 11.8. The average Bonchev–Trinajstić information content (AvgIpc) is 2.70. The SMILES string of the molecule is CCCn1c(SCC(=O)N(CC)CC)n[nH]c1=O. The molecular weight excluding hydrogens is 252 g/mol. The largest absolute Gasteiger partial charge is 0.343 e. The Morgan fingerprint density at radius 2 is 2.06 bits per heavy atom. The lowest BCUT2D eigenvalue weighted by Crippen LogP contribution is -2.32. The molecule has 1 amide bonds. The number of nitrogens with one attached hydrogen (secondary N) is 1. The number of carbonyl (C=O) groups is 1. The summed E-state index contributed by atoms with van der Waals surface area (Å²) in [5.41, 5.74) is -0.213. The van der Waals surface area contributed by atoms with E-state index < -0.39 is 0 Å². The summed E-state index contributed by atoms with van der Waals surface area (Å²) in [5, 5.41) is 6.94. The van der Waals surface area contributed by atoms with Crippen molar-refractivity contribution in [2.24, 2.45) is 0 Å². The fourth-order valence-corrected chi connectivity index (χ4v) is 2.50. The highest BCUT2D eigenvalue weighted by atomic mass is 32.2. The van der Waals surface area contributed by atoms with Crippen molar-refractivity contribution in [1.82, 2.24) is 19.7 Å². The molecule has 1 aromatic heterocycles. The molecular formula is C11H20N4O2S. The van der Waals surface area contributed by atoms with Gasteiger partial charge in [0.2, 0.25) is 5.91 Å². The first kappa shape index (κ1) is 14.8. The van der Waals surface area contributed by atoms with Crippen LogP contribution in [-0.2, 0) is 11.3 Å². The molecule has 0 saturated heterocycles. The molecule has 0 spiro atoms. The molecule has 0 aromatic carbocycles. The van der Waals surface area contributed by atoms with Crippen molar-refractivity contribution < 1.29 is 4.79 Å². The predicted octanol–water partition coefficient (Wildman–Crippen LogP) is 0.942. The molecule has 1 rings (SSSR count). The van der Waals surface area contributed by atoms with E-state index in [-0.39, 0.29) is 11.6 Å². The minimum atomic E-state index is -0.213. The van der Waals surface area contributed by atoms with E-state index in [0.29, 0.717) is 30.5 Å². The molecule has 6 nitrogen and oxygen atoms in total. The van der Waals surface area contributed by atoms with Gasteiger partial charge >= 0.3 is 5.69 Å². The van der Waals surface area contributed by atoms with E-state index in [1.807, 2.05) is 20.8 Å². The van der Waals surface area contributed by atoms with Crippen LogP contribution in [0, 0.1) is 0 Å². The Balaban J connectivity index is 2.63. The van der Waals surface area contributed by atoms with E-state index in [1.165, 1.54) is 11.8 Å². The number of nitrogens with zero attached hydrogens (tertiary/aromatic N) is 3. The lowest BCUT2D eigenvalue weighted by molar-refractivity contribution is -0.127. The van der Waals surface area contributed by atoms with Crippen LogP contribution in [0.25, 0.3) is 0 Å². The first-order valence-electron chi connectivity index (χ1n) is 6.19. The second kappa shape index (κ2) is 7.25. The van der Waals surface area contributed by atoms with Crippen LogP contribution in [0.3, 0.4) is 0 Å². The Bertz CT molecular complexity index is 436. The highest BCUT2D eigenvalue weighted by molar-refractivity contribution is 7.99. The Morgan fingerprint density at radius 1 is 1.39 bits per heavy atom. The molecule has 7 heteroatoms. The van der Waals surface area contributed by atoms with Gasteiger partial charge in [0, 0.05) is 19.6 Å². The number of hydrogen-bond acceptors (Lipinski definition) is 4. The van der Waals surface area contributed by atoms with Crippen LogP contribution in [-0.4, -0.2) is 44.4 Å².